The minimum atomic E-state index is 0.927. The highest BCUT2D eigenvalue weighted by atomic mass is 14.8. The van der Waals surface area contributed by atoms with Crippen LogP contribution in [0.4, 0.5) is 0 Å². The molecule has 0 aliphatic rings. The molecule has 0 heterocycles. The highest BCUT2D eigenvalue weighted by Crippen LogP contribution is 2.27. The van der Waals surface area contributed by atoms with Gasteiger partial charge in [-0.25, -0.2) is 0 Å². The molecule has 2 aromatic rings. The molecule has 0 bridgehead atoms. The molecule has 0 saturated heterocycles. The first kappa shape index (κ1) is 14.8. The average molecular weight is 267 g/mol. The van der Waals surface area contributed by atoms with Gasteiger partial charge in [0.2, 0.25) is 0 Å². The second-order valence-corrected chi connectivity index (χ2v) is 5.37. The Balaban J connectivity index is 2.41. The van der Waals surface area contributed by atoms with E-state index in [0.29, 0.717) is 0 Å². The van der Waals surface area contributed by atoms with E-state index in [1.165, 1.54) is 33.4 Å². The number of benzene rings is 2. The summed E-state index contributed by atoms with van der Waals surface area (Å²) in [7, 11) is 1.99. The number of hydrogen-bond donors (Lipinski definition) is 1. The van der Waals surface area contributed by atoms with E-state index >= 15 is 0 Å². The van der Waals surface area contributed by atoms with E-state index in [-0.39, 0.29) is 0 Å². The third kappa shape index (κ3) is 3.10. The minimum absolute atomic E-state index is 0.927. The molecule has 106 valence electrons. The zero-order valence-corrected chi connectivity index (χ0v) is 13.1. The van der Waals surface area contributed by atoms with Crippen LogP contribution in [0.2, 0.25) is 0 Å². The van der Waals surface area contributed by atoms with Crippen LogP contribution in [0, 0.1) is 6.92 Å². The lowest BCUT2D eigenvalue weighted by atomic mass is 9.93. The molecule has 1 heteroatoms. The number of aryl methyl sites for hydroxylation is 3. The Morgan fingerprint density at radius 2 is 1.65 bits per heavy atom. The Kier molecular flexibility index (Phi) is 4.97. The van der Waals surface area contributed by atoms with E-state index in [4.69, 9.17) is 0 Å². The predicted octanol–water partition coefficient (Wildman–Crippen LogP) is 4.51. The lowest BCUT2D eigenvalue weighted by Gasteiger charge is -2.12. The zero-order chi connectivity index (χ0) is 14.5. The predicted molar refractivity (Wildman–Crippen MR) is 88.1 cm³/mol. The lowest BCUT2D eigenvalue weighted by molar-refractivity contribution is 0.817. The molecular weight excluding hydrogens is 242 g/mol. The fourth-order valence-electron chi connectivity index (χ4n) is 2.83. The van der Waals surface area contributed by atoms with Crippen LogP contribution >= 0.6 is 0 Å². The van der Waals surface area contributed by atoms with Gasteiger partial charge >= 0.3 is 0 Å². The second-order valence-electron chi connectivity index (χ2n) is 5.37. The molecule has 0 saturated carbocycles. The van der Waals surface area contributed by atoms with E-state index in [1.54, 1.807) is 0 Å². The van der Waals surface area contributed by atoms with Gasteiger partial charge in [0, 0.05) is 6.54 Å². The van der Waals surface area contributed by atoms with E-state index in [1.807, 2.05) is 7.05 Å². The van der Waals surface area contributed by atoms with Gasteiger partial charge in [-0.2, -0.15) is 0 Å². The van der Waals surface area contributed by atoms with E-state index in [9.17, 15) is 0 Å². The normalized spacial score (nSPS) is 10.8. The third-order valence-corrected chi connectivity index (χ3v) is 3.95. The van der Waals surface area contributed by atoms with Crippen LogP contribution in [0.5, 0.6) is 0 Å². The third-order valence-electron chi connectivity index (χ3n) is 3.95. The van der Waals surface area contributed by atoms with Gasteiger partial charge in [0.1, 0.15) is 0 Å². The molecule has 2 rings (SSSR count). The summed E-state index contributed by atoms with van der Waals surface area (Å²) in [5, 5.41) is 3.20. The van der Waals surface area contributed by atoms with Crippen molar-refractivity contribution in [3.8, 4) is 11.1 Å². The molecule has 0 amide bonds. The first-order valence-electron chi connectivity index (χ1n) is 7.55. The van der Waals surface area contributed by atoms with E-state index < -0.39 is 0 Å². The maximum absolute atomic E-state index is 3.20. The summed E-state index contributed by atoms with van der Waals surface area (Å²) in [4.78, 5) is 0. The van der Waals surface area contributed by atoms with Gasteiger partial charge in [0.25, 0.3) is 0 Å². The molecule has 0 radical (unpaired) electrons. The molecule has 0 aromatic heterocycles. The van der Waals surface area contributed by atoms with Gasteiger partial charge in [0.05, 0.1) is 0 Å². The summed E-state index contributed by atoms with van der Waals surface area (Å²) in [5.41, 5.74) is 8.33. The van der Waals surface area contributed by atoms with Crippen LogP contribution in [0.25, 0.3) is 11.1 Å². The maximum Gasteiger partial charge on any atom is 0.0202 e. The summed E-state index contributed by atoms with van der Waals surface area (Å²) >= 11 is 0. The summed E-state index contributed by atoms with van der Waals surface area (Å²) < 4.78 is 0. The maximum atomic E-state index is 3.20. The molecular formula is C19H25N. The molecule has 1 nitrogen and oxygen atoms in total. The SMILES string of the molecule is CCc1ccc(-c2ccc(CNC)cc2C)cc1CC. The number of nitrogens with one attached hydrogen (secondary N) is 1. The lowest BCUT2D eigenvalue weighted by Crippen LogP contribution is -2.05. The highest BCUT2D eigenvalue weighted by Gasteiger charge is 2.06. The Bertz CT molecular complexity index is 584. The molecule has 0 atom stereocenters. The van der Waals surface area contributed by atoms with Crippen molar-refractivity contribution >= 4 is 0 Å². The summed E-state index contributed by atoms with van der Waals surface area (Å²) in [5.74, 6) is 0. The van der Waals surface area contributed by atoms with Crippen molar-refractivity contribution in [2.24, 2.45) is 0 Å². The molecule has 0 aliphatic heterocycles. The quantitative estimate of drug-likeness (QED) is 0.840. The van der Waals surface area contributed by atoms with E-state index in [0.717, 1.165) is 19.4 Å². The smallest absolute Gasteiger partial charge is 0.0202 e. The Morgan fingerprint density at radius 3 is 2.25 bits per heavy atom. The first-order chi connectivity index (χ1) is 9.69. The molecule has 0 unspecified atom stereocenters. The molecule has 0 fully saturated rings. The number of hydrogen-bond acceptors (Lipinski definition) is 1. The van der Waals surface area contributed by atoms with Crippen LogP contribution < -0.4 is 5.32 Å². The average Bonchev–Trinajstić information content (AvgIpc) is 2.47. The second kappa shape index (κ2) is 6.71. The van der Waals surface area contributed by atoms with Crippen molar-refractivity contribution in [1.29, 1.82) is 0 Å². The molecule has 0 aliphatic carbocycles. The Hall–Kier alpha value is -1.60. The van der Waals surface area contributed by atoms with Crippen molar-refractivity contribution in [3.05, 3.63) is 58.7 Å². The van der Waals surface area contributed by atoms with Crippen molar-refractivity contribution in [2.75, 3.05) is 7.05 Å². The fourth-order valence-corrected chi connectivity index (χ4v) is 2.83. The van der Waals surface area contributed by atoms with Crippen molar-refractivity contribution < 1.29 is 0 Å². The fraction of sp³-hybridized carbons (Fsp3) is 0.368. The van der Waals surface area contributed by atoms with Gasteiger partial charge in [-0.15, -0.1) is 0 Å². The van der Waals surface area contributed by atoms with Gasteiger partial charge in [-0.1, -0.05) is 50.2 Å². The van der Waals surface area contributed by atoms with Gasteiger partial charge in [-0.3, -0.25) is 0 Å². The van der Waals surface area contributed by atoms with Crippen LogP contribution in [0.1, 0.15) is 36.1 Å². The zero-order valence-electron chi connectivity index (χ0n) is 13.1. The van der Waals surface area contributed by atoms with Crippen molar-refractivity contribution in [2.45, 2.75) is 40.2 Å². The number of rotatable bonds is 5. The summed E-state index contributed by atoms with van der Waals surface area (Å²) in [6, 6.07) is 13.7. The summed E-state index contributed by atoms with van der Waals surface area (Å²) in [6.45, 7) is 7.59. The highest BCUT2D eigenvalue weighted by molar-refractivity contribution is 5.68. The van der Waals surface area contributed by atoms with Crippen LogP contribution in [-0.4, -0.2) is 7.05 Å². The van der Waals surface area contributed by atoms with Crippen LogP contribution in [0.3, 0.4) is 0 Å². The van der Waals surface area contributed by atoms with Crippen LogP contribution in [0.15, 0.2) is 36.4 Å². The van der Waals surface area contributed by atoms with Gasteiger partial charge in [-0.05, 0) is 60.2 Å². The van der Waals surface area contributed by atoms with Crippen molar-refractivity contribution in [3.63, 3.8) is 0 Å². The first-order valence-corrected chi connectivity index (χ1v) is 7.55. The molecule has 1 N–H and O–H groups in total. The van der Waals surface area contributed by atoms with Gasteiger partial charge in [0.15, 0.2) is 0 Å². The Morgan fingerprint density at radius 1 is 0.900 bits per heavy atom. The standard InChI is InChI=1S/C19H25N/c1-5-16-8-9-18(12-17(16)6-2)19-10-7-15(13-20-4)11-14(19)3/h7-12,20H,5-6,13H2,1-4H3. The molecule has 20 heavy (non-hydrogen) atoms. The van der Waals surface area contributed by atoms with E-state index in [2.05, 4.69) is 62.5 Å². The topological polar surface area (TPSA) is 12.0 Å². The monoisotopic (exact) mass is 267 g/mol. The minimum Gasteiger partial charge on any atom is -0.316 e. The largest absolute Gasteiger partial charge is 0.316 e. The van der Waals surface area contributed by atoms with Crippen molar-refractivity contribution in [1.82, 2.24) is 5.32 Å². The Labute approximate surface area is 123 Å². The molecule has 2 aromatic carbocycles. The molecule has 0 spiro atoms. The summed E-state index contributed by atoms with van der Waals surface area (Å²) in [6.07, 6.45) is 2.22. The van der Waals surface area contributed by atoms with Gasteiger partial charge < -0.3 is 5.32 Å². The van der Waals surface area contributed by atoms with Crippen LogP contribution in [-0.2, 0) is 19.4 Å².